The minimum Gasteiger partial charge on any atom is -0.497 e. The first-order chi connectivity index (χ1) is 12.7. The molecule has 1 aromatic heterocycles. The number of hydrogen-bond acceptors (Lipinski definition) is 6. The molecule has 7 heteroatoms. The van der Waals surface area contributed by atoms with E-state index in [1.54, 1.807) is 23.6 Å². The van der Waals surface area contributed by atoms with Crippen LogP contribution in [-0.4, -0.2) is 39.7 Å². The molecule has 0 unspecified atom stereocenters. The Bertz CT molecular complexity index is 849. The zero-order valence-corrected chi connectivity index (χ0v) is 16.0. The van der Waals surface area contributed by atoms with E-state index in [1.165, 1.54) is 11.1 Å². The normalized spacial score (nSPS) is 10.7. The molecule has 0 aliphatic heterocycles. The van der Waals surface area contributed by atoms with Crippen molar-refractivity contribution < 1.29 is 9.47 Å². The number of methoxy groups -OCH3 is 1. The van der Waals surface area contributed by atoms with Crippen LogP contribution in [0, 0.1) is 13.8 Å². The molecule has 0 spiro atoms. The first-order valence-corrected chi connectivity index (χ1v) is 9.41. The predicted octanol–water partition coefficient (Wildman–Crippen LogP) is 3.85. The van der Waals surface area contributed by atoms with Gasteiger partial charge in [0.25, 0.3) is 0 Å². The van der Waals surface area contributed by atoms with Gasteiger partial charge in [-0.15, -0.1) is 5.10 Å². The molecule has 0 radical (unpaired) electrons. The van der Waals surface area contributed by atoms with Crippen molar-refractivity contribution in [1.82, 2.24) is 20.2 Å². The molecule has 0 saturated carbocycles. The fourth-order valence-electron chi connectivity index (χ4n) is 2.37. The third-order valence-electron chi connectivity index (χ3n) is 4.02. The average molecular weight is 370 g/mol. The van der Waals surface area contributed by atoms with Crippen LogP contribution in [0.1, 0.15) is 17.5 Å². The largest absolute Gasteiger partial charge is 0.497 e. The van der Waals surface area contributed by atoms with Gasteiger partial charge in [-0.3, -0.25) is 0 Å². The summed E-state index contributed by atoms with van der Waals surface area (Å²) in [5.74, 6) is 2.54. The quantitative estimate of drug-likeness (QED) is 0.443. The van der Waals surface area contributed by atoms with Crippen molar-refractivity contribution in [3.8, 4) is 17.2 Å². The summed E-state index contributed by atoms with van der Waals surface area (Å²) in [6.07, 6.45) is 0.899. The number of benzene rings is 2. The molecule has 2 aromatic carbocycles. The highest BCUT2D eigenvalue weighted by atomic mass is 32.2. The first-order valence-electron chi connectivity index (χ1n) is 8.43. The lowest BCUT2D eigenvalue weighted by Crippen LogP contribution is -2.02. The zero-order valence-electron chi connectivity index (χ0n) is 15.2. The smallest absolute Gasteiger partial charge is 0.214 e. The predicted molar refractivity (Wildman–Crippen MR) is 102 cm³/mol. The van der Waals surface area contributed by atoms with Gasteiger partial charge in [0.15, 0.2) is 0 Å². The number of thioether (sulfide) groups is 1. The van der Waals surface area contributed by atoms with E-state index >= 15 is 0 Å². The SMILES string of the molecule is COc1ccc(OCCCSc2nnnn2-c2ccc(C)c(C)c2)cc1. The number of aryl methyl sites for hydroxylation is 2. The molecule has 0 atom stereocenters. The minimum absolute atomic E-state index is 0.643. The topological polar surface area (TPSA) is 62.1 Å². The number of tetrazole rings is 1. The monoisotopic (exact) mass is 370 g/mol. The van der Waals surface area contributed by atoms with Crippen molar-refractivity contribution in [2.45, 2.75) is 25.4 Å². The van der Waals surface area contributed by atoms with Gasteiger partial charge in [0.2, 0.25) is 5.16 Å². The molecule has 3 rings (SSSR count). The third-order valence-corrected chi connectivity index (χ3v) is 5.03. The number of nitrogens with zero attached hydrogens (tertiary/aromatic N) is 4. The summed E-state index contributed by atoms with van der Waals surface area (Å²) in [4.78, 5) is 0. The van der Waals surface area contributed by atoms with Crippen molar-refractivity contribution in [3.05, 3.63) is 53.6 Å². The molecular weight excluding hydrogens is 348 g/mol. The summed E-state index contributed by atoms with van der Waals surface area (Å²) >= 11 is 1.63. The summed E-state index contributed by atoms with van der Waals surface area (Å²) in [6.45, 7) is 4.83. The Morgan fingerprint density at radius 2 is 1.77 bits per heavy atom. The first kappa shape index (κ1) is 18.3. The summed E-state index contributed by atoms with van der Waals surface area (Å²) in [7, 11) is 1.65. The van der Waals surface area contributed by atoms with E-state index in [-0.39, 0.29) is 0 Å². The van der Waals surface area contributed by atoms with Crippen molar-refractivity contribution in [3.63, 3.8) is 0 Å². The highest BCUT2D eigenvalue weighted by Crippen LogP contribution is 2.21. The summed E-state index contributed by atoms with van der Waals surface area (Å²) < 4.78 is 12.7. The van der Waals surface area contributed by atoms with Crippen LogP contribution in [0.4, 0.5) is 0 Å². The minimum atomic E-state index is 0.643. The lowest BCUT2D eigenvalue weighted by Gasteiger charge is -2.08. The molecule has 26 heavy (non-hydrogen) atoms. The Balaban J connectivity index is 1.49. The van der Waals surface area contributed by atoms with Crippen LogP contribution in [0.2, 0.25) is 0 Å². The van der Waals surface area contributed by atoms with Crippen LogP contribution in [-0.2, 0) is 0 Å². The molecular formula is C19H22N4O2S. The van der Waals surface area contributed by atoms with Gasteiger partial charge in [0, 0.05) is 5.75 Å². The second-order valence-corrected chi connectivity index (χ2v) is 6.93. The van der Waals surface area contributed by atoms with Gasteiger partial charge >= 0.3 is 0 Å². The molecule has 0 N–H and O–H groups in total. The van der Waals surface area contributed by atoms with E-state index in [9.17, 15) is 0 Å². The Morgan fingerprint density at radius 3 is 2.50 bits per heavy atom. The van der Waals surface area contributed by atoms with Gasteiger partial charge in [0.1, 0.15) is 11.5 Å². The van der Waals surface area contributed by atoms with E-state index in [1.807, 2.05) is 30.3 Å². The maximum atomic E-state index is 5.74. The van der Waals surface area contributed by atoms with Gasteiger partial charge in [-0.25, -0.2) is 0 Å². The second kappa shape index (κ2) is 8.71. The number of rotatable bonds is 8. The maximum Gasteiger partial charge on any atom is 0.214 e. The fourth-order valence-corrected chi connectivity index (χ4v) is 3.18. The van der Waals surface area contributed by atoms with Gasteiger partial charge in [0.05, 0.1) is 19.4 Å². The van der Waals surface area contributed by atoms with Crippen LogP contribution in [0.15, 0.2) is 47.6 Å². The molecule has 136 valence electrons. The van der Waals surface area contributed by atoms with Gasteiger partial charge in [-0.2, -0.15) is 4.68 Å². The number of ether oxygens (including phenoxy) is 2. The van der Waals surface area contributed by atoms with Gasteiger partial charge in [-0.05, 0) is 78.2 Å². The molecule has 0 fully saturated rings. The van der Waals surface area contributed by atoms with Crippen LogP contribution in [0.5, 0.6) is 11.5 Å². The Hall–Kier alpha value is -2.54. The number of aromatic nitrogens is 4. The maximum absolute atomic E-state index is 5.74. The average Bonchev–Trinajstić information content (AvgIpc) is 3.13. The lowest BCUT2D eigenvalue weighted by atomic mass is 10.1. The van der Waals surface area contributed by atoms with E-state index < -0.39 is 0 Å². The van der Waals surface area contributed by atoms with E-state index in [2.05, 4.69) is 41.5 Å². The Labute approximate surface area is 157 Å². The molecule has 0 saturated heterocycles. The molecule has 0 bridgehead atoms. The van der Waals surface area contributed by atoms with Crippen LogP contribution in [0.3, 0.4) is 0 Å². The lowest BCUT2D eigenvalue weighted by molar-refractivity contribution is 0.318. The highest BCUT2D eigenvalue weighted by molar-refractivity contribution is 7.99. The Kier molecular flexibility index (Phi) is 6.12. The van der Waals surface area contributed by atoms with E-state index in [0.29, 0.717) is 6.61 Å². The van der Waals surface area contributed by atoms with Crippen molar-refractivity contribution in [2.24, 2.45) is 0 Å². The van der Waals surface area contributed by atoms with Crippen LogP contribution >= 0.6 is 11.8 Å². The highest BCUT2D eigenvalue weighted by Gasteiger charge is 2.09. The van der Waals surface area contributed by atoms with Crippen LogP contribution in [0.25, 0.3) is 5.69 Å². The van der Waals surface area contributed by atoms with E-state index in [4.69, 9.17) is 9.47 Å². The van der Waals surface area contributed by atoms with E-state index in [0.717, 1.165) is 34.5 Å². The van der Waals surface area contributed by atoms with Gasteiger partial charge in [-0.1, -0.05) is 17.8 Å². The molecule has 1 heterocycles. The van der Waals surface area contributed by atoms with Crippen molar-refractivity contribution in [1.29, 1.82) is 0 Å². The number of hydrogen-bond donors (Lipinski definition) is 0. The molecule has 0 amide bonds. The molecule has 0 aliphatic rings. The fraction of sp³-hybridized carbons (Fsp3) is 0.316. The third kappa shape index (κ3) is 4.54. The summed E-state index contributed by atoms with van der Waals surface area (Å²) in [6, 6.07) is 13.8. The molecule has 6 nitrogen and oxygen atoms in total. The van der Waals surface area contributed by atoms with Crippen molar-refractivity contribution >= 4 is 11.8 Å². The Morgan fingerprint density at radius 1 is 1.00 bits per heavy atom. The second-order valence-electron chi connectivity index (χ2n) is 5.87. The molecule has 0 aliphatic carbocycles. The zero-order chi connectivity index (χ0) is 18.4. The summed E-state index contributed by atoms with van der Waals surface area (Å²) in [5.41, 5.74) is 3.46. The van der Waals surface area contributed by atoms with Crippen LogP contribution < -0.4 is 9.47 Å². The van der Waals surface area contributed by atoms with Gasteiger partial charge < -0.3 is 9.47 Å². The molecule has 3 aromatic rings. The summed E-state index contributed by atoms with van der Waals surface area (Å²) in [5, 5.41) is 12.8. The van der Waals surface area contributed by atoms with Crippen molar-refractivity contribution in [2.75, 3.05) is 19.5 Å². The standard InChI is InChI=1S/C19H22N4O2S/c1-14-5-6-16(13-15(14)2)23-19(20-21-22-23)26-12-4-11-25-18-9-7-17(24-3)8-10-18/h5-10,13H,4,11-12H2,1-3H3.